The second-order valence-electron chi connectivity index (χ2n) is 27.5. The van der Waals surface area contributed by atoms with Gasteiger partial charge in [-0.25, -0.2) is 42.1 Å². The summed E-state index contributed by atoms with van der Waals surface area (Å²) in [5.41, 5.74) is 37.6. The van der Waals surface area contributed by atoms with Crippen molar-refractivity contribution in [2.45, 2.75) is 158 Å². The molecule has 548 valence electrons. The summed E-state index contributed by atoms with van der Waals surface area (Å²) < 4.78 is 163. The number of benzene rings is 5. The van der Waals surface area contributed by atoms with E-state index in [-0.39, 0.29) is 88.8 Å². The Morgan fingerprint density at radius 3 is 1.37 bits per heavy atom. The maximum atomic E-state index is 11.7. The highest BCUT2D eigenvalue weighted by Gasteiger charge is 2.36. The Balaban J connectivity index is 0.000000136. The van der Waals surface area contributed by atoms with Crippen molar-refractivity contribution < 1.29 is 70.9 Å². The van der Waals surface area contributed by atoms with E-state index in [0.29, 0.717) is 75.7 Å². The van der Waals surface area contributed by atoms with Crippen molar-refractivity contribution >= 4 is 85.0 Å². The molecule has 3 saturated carbocycles. The van der Waals surface area contributed by atoms with Crippen LogP contribution in [0.1, 0.15) is 166 Å². The molecule has 5 aromatic carbocycles. The molecule has 5 aromatic rings. The predicted octanol–water partition coefficient (Wildman–Crippen LogP) is 6.61. The molecular formula is C69H91N11O16S5. The molecule has 2 unspecified atom stereocenters. The van der Waals surface area contributed by atoms with E-state index in [1.54, 1.807) is 61.7 Å². The summed E-state index contributed by atoms with van der Waals surface area (Å²) in [5.74, 6) is 2.61. The van der Waals surface area contributed by atoms with Gasteiger partial charge in [0.1, 0.15) is 52.5 Å². The lowest BCUT2D eigenvalue weighted by Crippen LogP contribution is -2.38. The lowest BCUT2D eigenvalue weighted by Gasteiger charge is -2.33. The first-order chi connectivity index (χ1) is 47.6. The van der Waals surface area contributed by atoms with Gasteiger partial charge in [0.15, 0.2) is 0 Å². The molecule has 1 saturated heterocycles. The summed E-state index contributed by atoms with van der Waals surface area (Å²) >= 11 is 0. The Hall–Kier alpha value is -7.72. The van der Waals surface area contributed by atoms with Crippen LogP contribution in [-0.4, -0.2) is 141 Å². The molecule has 14 rings (SSSR count). The quantitative estimate of drug-likeness (QED) is 0.0722. The van der Waals surface area contributed by atoms with Crippen molar-refractivity contribution in [3.05, 3.63) is 152 Å². The second-order valence-corrected chi connectivity index (χ2v) is 35.7. The Morgan fingerprint density at radius 1 is 0.505 bits per heavy atom. The molecule has 4 atom stereocenters. The average Bonchev–Trinajstić information content (AvgIpc) is 1.22. The lowest BCUT2D eigenvalue weighted by molar-refractivity contribution is -0.0230. The summed E-state index contributed by atoms with van der Waals surface area (Å²) in [6.07, 6.45) is 10.9. The number of anilines is 1. The van der Waals surface area contributed by atoms with Crippen molar-refractivity contribution in [2.24, 2.45) is 67.9 Å². The SMILES string of the molecule is CC(C)C(O)C(C)(C)COc1cccc2c1C(N)=NS(=O)(=O)C2.CC(Oc1cccc2c1C(N)=NS(=O)(=O)C2)C1CC1.CO[C@H]1CCCC[C@@H]1Oc1cccc2c1C(N)=NS(=O)(=O)C2.NC1=NS(=O)(=O)Cc2cccc(C3CCCC3)c21.NC1=NS(=O)(=O)Cc2cccc(N3CCOCC3)c21. The highest BCUT2D eigenvalue weighted by atomic mass is 32.2. The molecule has 0 radical (unpaired) electrons. The van der Waals surface area contributed by atoms with Crippen LogP contribution in [0.15, 0.2) is 113 Å². The predicted molar refractivity (Wildman–Crippen MR) is 390 cm³/mol. The van der Waals surface area contributed by atoms with Gasteiger partial charge in [-0.2, -0.15) is 0 Å². The van der Waals surface area contributed by atoms with Gasteiger partial charge in [-0.1, -0.05) is 114 Å². The summed E-state index contributed by atoms with van der Waals surface area (Å²) in [6, 6.07) is 27.3. The number of nitrogens with two attached hydrogens (primary N) is 5. The van der Waals surface area contributed by atoms with Gasteiger partial charge in [-0.05, 0) is 127 Å². The van der Waals surface area contributed by atoms with Crippen molar-refractivity contribution in [3.63, 3.8) is 0 Å². The van der Waals surface area contributed by atoms with Crippen molar-refractivity contribution in [1.82, 2.24) is 0 Å². The van der Waals surface area contributed by atoms with Gasteiger partial charge in [0.2, 0.25) is 0 Å². The molecule has 0 spiro atoms. The summed E-state index contributed by atoms with van der Waals surface area (Å²) in [6.45, 7) is 12.9. The fourth-order valence-electron chi connectivity index (χ4n) is 13.8. The van der Waals surface area contributed by atoms with Crippen LogP contribution in [0, 0.1) is 17.3 Å². The molecule has 4 fully saturated rings. The van der Waals surface area contributed by atoms with Gasteiger partial charge in [0.25, 0.3) is 50.1 Å². The number of methoxy groups -OCH3 is 1. The summed E-state index contributed by atoms with van der Waals surface area (Å²) in [5, 5.41) is 10.3. The minimum absolute atomic E-state index is 0.00151. The average molecular weight is 1490 g/mol. The van der Waals surface area contributed by atoms with Crippen LogP contribution in [0.2, 0.25) is 0 Å². The highest BCUT2D eigenvalue weighted by molar-refractivity contribution is 7.90. The number of hydrogen-bond donors (Lipinski definition) is 6. The molecule has 0 bridgehead atoms. The highest BCUT2D eigenvalue weighted by Crippen LogP contribution is 2.40. The number of rotatable bonds is 13. The minimum Gasteiger partial charge on any atom is -0.492 e. The van der Waals surface area contributed by atoms with E-state index >= 15 is 0 Å². The summed E-state index contributed by atoms with van der Waals surface area (Å²) in [7, 11) is -15.8. The number of ether oxygens (including phenoxy) is 5. The molecule has 0 aromatic heterocycles. The van der Waals surface area contributed by atoms with Gasteiger partial charge in [0.05, 0.1) is 83.6 Å². The first kappa shape index (κ1) is 75.9. The summed E-state index contributed by atoms with van der Waals surface area (Å²) in [4.78, 5) is 2.16. The number of amidine groups is 5. The van der Waals surface area contributed by atoms with E-state index in [0.717, 1.165) is 79.6 Å². The molecule has 32 heteroatoms. The molecule has 3 aliphatic carbocycles. The van der Waals surface area contributed by atoms with Crippen LogP contribution in [0.5, 0.6) is 17.2 Å². The third kappa shape index (κ3) is 18.9. The third-order valence-electron chi connectivity index (χ3n) is 18.8. The Kier molecular flexibility index (Phi) is 23.4. The standard InChI is InChI=1S/C16H24N2O4S.C15H20N2O4S.C13H16N2O3S.C13H16N2O2S.C12H15N3O3S/c1-10(2)14(19)16(3,4)9-22-12-7-5-6-11-8-23(20,21)18-15(17)13(11)12;1-20-11-6-2-3-7-12(11)21-13-8-4-5-10-9-22(18,19)17-15(16)14(10)13;1-8(9-5-6-9)18-11-4-2-3-10-7-19(16,17)15-13(14)12(10)11;14-13-12-10(8-18(16,17)15-13)6-3-7-11(12)9-4-1-2-5-9;13-12-11-9(8-19(16,17)14-12)2-1-3-10(11)15-4-6-18-7-5-15/h5-7,10,14,19H,8-9H2,1-4H3,(H2,17,18);4-5,8,11-12H,2-3,6-7,9H2,1H3,(H2,16,17);2-4,8-9H,5-7H2,1H3,(H2,14,15);3,6-7,9H,1-2,4-5,8H2,(H2,14,15);1-3H,4-8H2,(H2,13,14)/t;11-,12-;;;/m.0.../s1. The van der Waals surface area contributed by atoms with E-state index in [9.17, 15) is 47.2 Å². The molecule has 9 aliphatic rings. The largest absolute Gasteiger partial charge is 0.492 e. The van der Waals surface area contributed by atoms with Gasteiger partial charge in [-0.15, -0.1) is 22.0 Å². The monoisotopic (exact) mass is 1490 g/mol. The first-order valence-electron chi connectivity index (χ1n) is 33.6. The third-order valence-corrected chi connectivity index (χ3v) is 24.6. The van der Waals surface area contributed by atoms with Gasteiger partial charge in [0, 0.05) is 42.4 Å². The van der Waals surface area contributed by atoms with E-state index in [4.69, 9.17) is 52.4 Å². The molecular weight excluding hydrogens is 1400 g/mol. The molecule has 27 nitrogen and oxygen atoms in total. The van der Waals surface area contributed by atoms with E-state index in [1.807, 2.05) is 65.0 Å². The number of hydrogen-bond acceptors (Lipinski definition) is 22. The maximum absolute atomic E-state index is 11.7. The minimum atomic E-state index is -3.56. The number of aliphatic hydroxyl groups is 1. The van der Waals surface area contributed by atoms with Crippen LogP contribution in [0.3, 0.4) is 0 Å². The second kappa shape index (κ2) is 31.1. The van der Waals surface area contributed by atoms with E-state index in [2.05, 4.69) is 33.0 Å². The van der Waals surface area contributed by atoms with Gasteiger partial charge >= 0.3 is 0 Å². The van der Waals surface area contributed by atoms with Crippen molar-refractivity contribution in [1.29, 1.82) is 0 Å². The lowest BCUT2D eigenvalue weighted by atomic mass is 9.81. The van der Waals surface area contributed by atoms with Crippen molar-refractivity contribution in [3.8, 4) is 17.2 Å². The fraction of sp³-hybridized carbons (Fsp3) is 0.493. The van der Waals surface area contributed by atoms with E-state index < -0.39 is 61.6 Å². The zero-order chi connectivity index (χ0) is 73.0. The smallest absolute Gasteiger partial charge is 0.259 e. The number of nitrogens with zero attached hydrogens (tertiary/aromatic N) is 6. The number of sulfonamides is 5. The maximum Gasteiger partial charge on any atom is 0.259 e. The fourth-order valence-corrected chi connectivity index (χ4v) is 19.3. The number of morpholine rings is 1. The molecule has 0 amide bonds. The molecule has 6 aliphatic heterocycles. The van der Waals surface area contributed by atoms with Gasteiger partial charge < -0.3 is 62.4 Å². The van der Waals surface area contributed by atoms with Crippen LogP contribution >= 0.6 is 0 Å². The first-order valence-corrected chi connectivity index (χ1v) is 41.7. The number of aliphatic hydroxyl groups excluding tert-OH is 1. The van der Waals surface area contributed by atoms with E-state index in [1.165, 1.54) is 31.2 Å². The number of fused-ring (bicyclic) bond motifs is 5. The van der Waals surface area contributed by atoms with Crippen LogP contribution < -0.4 is 47.8 Å². The van der Waals surface area contributed by atoms with Crippen LogP contribution in [-0.2, 0) is 88.4 Å². The molecule has 6 heterocycles. The van der Waals surface area contributed by atoms with Gasteiger partial charge in [-0.3, -0.25) is 0 Å². The zero-order valence-corrected chi connectivity index (χ0v) is 61.6. The Labute approximate surface area is 592 Å². The van der Waals surface area contributed by atoms with Crippen LogP contribution in [0.25, 0.3) is 0 Å². The molecule has 101 heavy (non-hydrogen) atoms. The zero-order valence-electron chi connectivity index (χ0n) is 57.5. The Bertz CT molecular complexity index is 4680. The van der Waals surface area contributed by atoms with Crippen molar-refractivity contribution in [2.75, 3.05) is 44.9 Å². The topological polar surface area (TPSA) is 432 Å². The normalized spacial score (nSPS) is 22.3. The molecule has 11 N–H and O–H groups in total. The van der Waals surface area contributed by atoms with Crippen LogP contribution in [0.4, 0.5) is 5.69 Å². The Morgan fingerprint density at radius 2 is 0.891 bits per heavy atom.